The zero-order valence-corrected chi connectivity index (χ0v) is 20.6. The zero-order chi connectivity index (χ0) is 24.1. The third kappa shape index (κ3) is 4.38. The van der Waals surface area contributed by atoms with Gasteiger partial charge in [0.1, 0.15) is 11.5 Å². The number of esters is 1. The first-order valence-electron chi connectivity index (χ1n) is 10.9. The van der Waals surface area contributed by atoms with E-state index in [1.54, 1.807) is 30.3 Å². The van der Waals surface area contributed by atoms with Gasteiger partial charge in [-0.05, 0) is 64.2 Å². The predicted octanol–water partition coefficient (Wildman–Crippen LogP) is 6.74. The van der Waals surface area contributed by atoms with Crippen LogP contribution in [0, 0.1) is 0 Å². The van der Waals surface area contributed by atoms with Crippen LogP contribution in [0.2, 0.25) is 0 Å². The molecular weight excluding hydrogens is 432 g/mol. The molecule has 0 saturated heterocycles. The van der Waals surface area contributed by atoms with Gasteiger partial charge < -0.3 is 9.84 Å². The molecule has 1 N–H and O–H groups in total. The van der Waals surface area contributed by atoms with Gasteiger partial charge in [0.15, 0.2) is 0 Å². The van der Waals surface area contributed by atoms with E-state index < -0.39 is 5.97 Å². The number of hydrogen-bond donors (Lipinski definition) is 1. The summed E-state index contributed by atoms with van der Waals surface area (Å²) in [7, 11) is 0. The molecule has 0 atom stereocenters. The lowest BCUT2D eigenvalue weighted by molar-refractivity contribution is -0.126. The number of hydrogen-bond acceptors (Lipinski definition) is 5. The lowest BCUT2D eigenvalue weighted by Crippen LogP contribution is -2.17. The van der Waals surface area contributed by atoms with Crippen LogP contribution in [0.5, 0.6) is 11.5 Å². The molecule has 0 amide bonds. The van der Waals surface area contributed by atoms with E-state index in [1.165, 1.54) is 11.3 Å². The molecule has 0 radical (unpaired) electrons. The van der Waals surface area contributed by atoms with Gasteiger partial charge in [0.2, 0.25) is 5.78 Å². The highest BCUT2D eigenvalue weighted by Gasteiger charge is 2.30. The molecule has 0 fully saturated rings. The fourth-order valence-electron chi connectivity index (χ4n) is 3.97. The minimum absolute atomic E-state index is 0.0822. The van der Waals surface area contributed by atoms with Crippen LogP contribution < -0.4 is 4.74 Å². The Bertz CT molecular complexity index is 1250. The minimum atomic E-state index is -0.451. The summed E-state index contributed by atoms with van der Waals surface area (Å²) in [4.78, 5) is 26.2. The van der Waals surface area contributed by atoms with Crippen LogP contribution in [-0.4, -0.2) is 16.9 Å². The van der Waals surface area contributed by atoms with Gasteiger partial charge >= 0.3 is 5.97 Å². The summed E-state index contributed by atoms with van der Waals surface area (Å²) in [5.41, 5.74) is 3.38. The van der Waals surface area contributed by atoms with E-state index in [4.69, 9.17) is 4.74 Å². The van der Waals surface area contributed by atoms with Gasteiger partial charge in [-0.3, -0.25) is 4.79 Å². The fraction of sp³-hybridized carbons (Fsp3) is 0.286. The second-order valence-electron chi connectivity index (χ2n) is 10.4. The average molecular weight is 461 g/mol. The first-order valence-corrected chi connectivity index (χ1v) is 11.8. The molecule has 0 spiro atoms. The highest BCUT2D eigenvalue weighted by Crippen LogP contribution is 2.42. The molecule has 1 aliphatic heterocycles. The average Bonchev–Trinajstić information content (AvgIpc) is 3.35. The van der Waals surface area contributed by atoms with Crippen LogP contribution in [0.25, 0.3) is 11.6 Å². The van der Waals surface area contributed by atoms with Crippen molar-refractivity contribution in [2.45, 2.75) is 52.4 Å². The van der Waals surface area contributed by atoms with E-state index in [1.807, 2.05) is 65.1 Å². The van der Waals surface area contributed by atoms with Gasteiger partial charge in [-0.1, -0.05) is 47.6 Å². The quantitative estimate of drug-likeness (QED) is 0.203. The maximum atomic E-state index is 12.8. The van der Waals surface area contributed by atoms with E-state index in [0.29, 0.717) is 27.3 Å². The van der Waals surface area contributed by atoms with Crippen LogP contribution >= 0.6 is 11.3 Å². The van der Waals surface area contributed by atoms with Crippen LogP contribution in [-0.2, 0) is 15.6 Å². The summed E-state index contributed by atoms with van der Waals surface area (Å²) in [6.07, 6.45) is 1.79. The second-order valence-corrected chi connectivity index (χ2v) is 11.4. The van der Waals surface area contributed by atoms with Crippen LogP contribution in [0.3, 0.4) is 0 Å². The molecule has 0 saturated carbocycles. The monoisotopic (exact) mass is 460 g/mol. The molecule has 4 nitrogen and oxygen atoms in total. The Kier molecular flexibility index (Phi) is 5.57. The third-order valence-corrected chi connectivity index (χ3v) is 6.63. The highest BCUT2D eigenvalue weighted by atomic mass is 32.1. The molecule has 2 aromatic carbocycles. The van der Waals surface area contributed by atoms with E-state index in [2.05, 4.69) is 0 Å². The number of aromatic hydroxyl groups is 1. The minimum Gasteiger partial charge on any atom is -0.507 e. The fourth-order valence-corrected chi connectivity index (χ4v) is 4.66. The molecule has 33 heavy (non-hydrogen) atoms. The summed E-state index contributed by atoms with van der Waals surface area (Å²) in [6, 6.07) is 12.6. The third-order valence-electron chi connectivity index (χ3n) is 5.76. The largest absolute Gasteiger partial charge is 0.507 e. The number of fused-ring (bicyclic) bond motifs is 1. The van der Waals surface area contributed by atoms with Gasteiger partial charge in [0.05, 0.1) is 10.5 Å². The van der Waals surface area contributed by atoms with Gasteiger partial charge in [-0.2, -0.15) is 0 Å². The molecule has 170 valence electrons. The van der Waals surface area contributed by atoms with Crippen molar-refractivity contribution in [3.05, 3.63) is 80.5 Å². The Balaban J connectivity index is 1.85. The topological polar surface area (TPSA) is 63.6 Å². The van der Waals surface area contributed by atoms with Crippen molar-refractivity contribution >= 4 is 34.7 Å². The van der Waals surface area contributed by atoms with Gasteiger partial charge in [0, 0.05) is 22.3 Å². The maximum absolute atomic E-state index is 12.8. The van der Waals surface area contributed by atoms with Crippen LogP contribution in [0.15, 0.2) is 47.8 Å². The maximum Gasteiger partial charge on any atom is 0.344 e. The number of phenols is 1. The van der Waals surface area contributed by atoms with Crippen molar-refractivity contribution < 1.29 is 19.4 Å². The van der Waals surface area contributed by atoms with Crippen molar-refractivity contribution in [1.29, 1.82) is 0 Å². The number of carbonyl (C=O) groups excluding carboxylic acids is 2. The number of benzene rings is 2. The molecule has 1 aromatic heterocycles. The number of ether oxygens (including phenoxy) is 1. The Hall–Kier alpha value is -3.18. The zero-order valence-electron chi connectivity index (χ0n) is 19.8. The number of thiophene rings is 1. The van der Waals surface area contributed by atoms with Crippen LogP contribution in [0.4, 0.5) is 0 Å². The molecule has 0 unspecified atom stereocenters. The summed E-state index contributed by atoms with van der Waals surface area (Å²) >= 11 is 1.39. The molecule has 5 heteroatoms. The van der Waals surface area contributed by atoms with Gasteiger partial charge in [-0.15, -0.1) is 11.3 Å². The summed E-state index contributed by atoms with van der Waals surface area (Å²) in [6.45, 7) is 12.3. The van der Waals surface area contributed by atoms with Crippen molar-refractivity contribution in [3.8, 4) is 11.5 Å². The summed E-state index contributed by atoms with van der Waals surface area (Å²) in [5, 5.41) is 12.9. The molecule has 4 rings (SSSR count). The van der Waals surface area contributed by atoms with Crippen LogP contribution in [0.1, 0.15) is 79.0 Å². The smallest absolute Gasteiger partial charge is 0.344 e. The van der Waals surface area contributed by atoms with E-state index >= 15 is 0 Å². The first-order chi connectivity index (χ1) is 15.4. The Morgan fingerprint density at radius 3 is 2.15 bits per heavy atom. The van der Waals surface area contributed by atoms with Crippen molar-refractivity contribution in [3.63, 3.8) is 0 Å². The number of ketones is 1. The van der Waals surface area contributed by atoms with E-state index in [9.17, 15) is 14.7 Å². The van der Waals surface area contributed by atoms with E-state index in [-0.39, 0.29) is 22.4 Å². The molecule has 0 bridgehead atoms. The summed E-state index contributed by atoms with van der Waals surface area (Å²) < 4.78 is 5.47. The Morgan fingerprint density at radius 2 is 1.61 bits per heavy atom. The molecular formula is C28H28O4S. The standard InChI is InChI=1S/C28H28O4S/c1-27(2,3)20-13-16(14-21(25(20)30)28(4,5)6)12-19-18-15-17(9-10-22(18)32-26(19)31)24(29)23-8-7-11-33-23/h7-15,30H,1-6H3/b19-12-. The highest BCUT2D eigenvalue weighted by molar-refractivity contribution is 7.12. The van der Waals surface area contributed by atoms with Crippen molar-refractivity contribution in [2.75, 3.05) is 0 Å². The first kappa shape index (κ1) is 23.0. The lowest BCUT2D eigenvalue weighted by atomic mass is 9.78. The molecule has 3 aromatic rings. The van der Waals surface area contributed by atoms with Crippen molar-refractivity contribution in [1.82, 2.24) is 0 Å². The van der Waals surface area contributed by atoms with Gasteiger partial charge in [0.25, 0.3) is 0 Å². The summed E-state index contributed by atoms with van der Waals surface area (Å²) in [5.74, 6) is 0.199. The number of phenolic OH excluding ortho intramolecular Hbond substituents is 1. The normalized spacial score (nSPS) is 15.0. The Morgan fingerprint density at radius 1 is 0.970 bits per heavy atom. The molecule has 0 aliphatic carbocycles. The second kappa shape index (κ2) is 7.99. The van der Waals surface area contributed by atoms with Crippen molar-refractivity contribution in [2.24, 2.45) is 0 Å². The SMILES string of the molecule is CC(C)(C)c1cc(/C=C2\C(=O)Oc3ccc(C(=O)c4cccs4)cc32)cc(C(C)(C)C)c1O. The number of carbonyl (C=O) groups is 2. The van der Waals surface area contributed by atoms with E-state index in [0.717, 1.165) is 16.7 Å². The Labute approximate surface area is 198 Å². The lowest BCUT2D eigenvalue weighted by Gasteiger charge is -2.28. The number of rotatable bonds is 3. The predicted molar refractivity (Wildman–Crippen MR) is 133 cm³/mol. The molecule has 1 aliphatic rings. The molecule has 2 heterocycles. The van der Waals surface area contributed by atoms with Gasteiger partial charge in [-0.25, -0.2) is 4.79 Å².